The minimum Gasteiger partial charge on any atom is -0.496 e. The van der Waals surface area contributed by atoms with Crippen LogP contribution in [0.3, 0.4) is 0 Å². The molecule has 1 N–H and O–H groups in total. The van der Waals surface area contributed by atoms with E-state index in [1.54, 1.807) is 25.3 Å². The van der Waals surface area contributed by atoms with Crippen molar-refractivity contribution in [1.29, 1.82) is 0 Å². The van der Waals surface area contributed by atoms with Crippen molar-refractivity contribution in [3.63, 3.8) is 0 Å². The molecule has 4 nitrogen and oxygen atoms in total. The largest absolute Gasteiger partial charge is 0.496 e. The Morgan fingerprint density at radius 1 is 1.13 bits per heavy atom. The Kier molecular flexibility index (Phi) is 5.80. The fourth-order valence-electron chi connectivity index (χ4n) is 2.44. The van der Waals surface area contributed by atoms with Crippen LogP contribution >= 0.6 is 0 Å². The molecule has 0 aliphatic rings. The monoisotopic (exact) mass is 333 g/mol. The Bertz CT molecular complexity index is 742. The number of hydrogen-bond donors (Lipinski definition) is 1. The van der Waals surface area contributed by atoms with Crippen molar-refractivity contribution in [3.8, 4) is 5.75 Å². The van der Waals surface area contributed by atoms with Crippen molar-refractivity contribution >= 4 is 10.0 Å². The van der Waals surface area contributed by atoms with Crippen LogP contribution in [0.4, 0.5) is 0 Å². The maximum Gasteiger partial charge on any atom is 0.240 e. The first-order chi connectivity index (χ1) is 10.9. The average molecular weight is 333 g/mol. The van der Waals surface area contributed by atoms with E-state index >= 15 is 0 Å². The first-order valence-corrected chi connectivity index (χ1v) is 9.11. The van der Waals surface area contributed by atoms with Crippen LogP contribution in [0, 0.1) is 6.92 Å². The van der Waals surface area contributed by atoms with Gasteiger partial charge in [0.15, 0.2) is 0 Å². The zero-order valence-corrected chi connectivity index (χ0v) is 14.6. The van der Waals surface area contributed by atoms with E-state index in [0.29, 0.717) is 5.75 Å². The normalized spacial score (nSPS) is 12.8. The van der Waals surface area contributed by atoms with E-state index in [9.17, 15) is 8.42 Å². The molecule has 0 heterocycles. The van der Waals surface area contributed by atoms with Crippen LogP contribution in [0.1, 0.15) is 24.5 Å². The molecule has 23 heavy (non-hydrogen) atoms. The number of hydrogen-bond acceptors (Lipinski definition) is 3. The summed E-state index contributed by atoms with van der Waals surface area (Å²) in [7, 11) is -1.95. The van der Waals surface area contributed by atoms with Gasteiger partial charge < -0.3 is 4.74 Å². The van der Waals surface area contributed by atoms with Crippen LogP contribution in [0.15, 0.2) is 53.4 Å². The summed E-state index contributed by atoms with van der Waals surface area (Å²) in [6, 6.07) is 14.8. The first kappa shape index (κ1) is 17.5. The van der Waals surface area contributed by atoms with Gasteiger partial charge in [-0.25, -0.2) is 13.1 Å². The Labute approximate surface area is 138 Å². The number of nitrogens with one attached hydrogen (secondary N) is 1. The molecule has 0 saturated heterocycles. The van der Waals surface area contributed by atoms with Crippen LogP contribution in [-0.4, -0.2) is 21.6 Å². The third-order valence-corrected chi connectivity index (χ3v) is 5.33. The zero-order chi connectivity index (χ0) is 16.9. The van der Waals surface area contributed by atoms with Crippen LogP contribution in [0.5, 0.6) is 5.75 Å². The van der Waals surface area contributed by atoms with E-state index in [0.717, 1.165) is 18.4 Å². The van der Waals surface area contributed by atoms with E-state index in [1.165, 1.54) is 5.56 Å². The van der Waals surface area contributed by atoms with Gasteiger partial charge in [0.25, 0.3) is 0 Å². The fraction of sp³-hybridized carbons (Fsp3) is 0.333. The molecule has 2 aromatic carbocycles. The lowest BCUT2D eigenvalue weighted by Crippen LogP contribution is -2.33. The first-order valence-electron chi connectivity index (χ1n) is 7.63. The highest BCUT2D eigenvalue weighted by Gasteiger charge is 2.18. The van der Waals surface area contributed by atoms with Gasteiger partial charge in [-0.2, -0.15) is 0 Å². The van der Waals surface area contributed by atoms with Crippen LogP contribution in [-0.2, 0) is 16.4 Å². The van der Waals surface area contributed by atoms with E-state index in [2.05, 4.69) is 4.72 Å². The van der Waals surface area contributed by atoms with E-state index in [1.807, 2.05) is 44.2 Å². The van der Waals surface area contributed by atoms with Gasteiger partial charge in [0.05, 0.1) is 12.0 Å². The summed E-state index contributed by atoms with van der Waals surface area (Å²) < 4.78 is 32.8. The maximum absolute atomic E-state index is 12.5. The number of sulfonamides is 1. The van der Waals surface area contributed by atoms with Crippen molar-refractivity contribution in [2.24, 2.45) is 0 Å². The predicted octanol–water partition coefficient (Wildman–Crippen LogP) is 3.30. The molecular formula is C18H23NO3S. The maximum atomic E-state index is 12.5. The van der Waals surface area contributed by atoms with Crippen molar-refractivity contribution in [3.05, 3.63) is 59.7 Å². The summed E-state index contributed by atoms with van der Waals surface area (Å²) in [6.07, 6.45) is 1.59. The summed E-state index contributed by atoms with van der Waals surface area (Å²) in [5.41, 5.74) is 2.01. The fourth-order valence-corrected chi connectivity index (χ4v) is 3.80. The molecule has 0 unspecified atom stereocenters. The second-order valence-corrected chi connectivity index (χ2v) is 7.39. The lowest BCUT2D eigenvalue weighted by Gasteiger charge is -2.15. The quantitative estimate of drug-likeness (QED) is 0.846. The molecule has 5 heteroatoms. The number of benzene rings is 2. The Morgan fingerprint density at radius 2 is 1.83 bits per heavy atom. The van der Waals surface area contributed by atoms with Gasteiger partial charge >= 0.3 is 0 Å². The van der Waals surface area contributed by atoms with Gasteiger partial charge in [0.1, 0.15) is 5.75 Å². The molecule has 2 aromatic rings. The smallest absolute Gasteiger partial charge is 0.240 e. The van der Waals surface area contributed by atoms with E-state index in [-0.39, 0.29) is 10.9 Å². The molecule has 0 amide bonds. The second-order valence-electron chi connectivity index (χ2n) is 5.68. The third kappa shape index (κ3) is 4.81. The Balaban J connectivity index is 2.01. The molecule has 0 spiro atoms. The zero-order valence-electron chi connectivity index (χ0n) is 13.7. The summed E-state index contributed by atoms with van der Waals surface area (Å²) in [4.78, 5) is 0.266. The van der Waals surface area contributed by atoms with Gasteiger partial charge in [-0.05, 0) is 56.0 Å². The number of aryl methyl sites for hydroxylation is 2. The van der Waals surface area contributed by atoms with Gasteiger partial charge in [0, 0.05) is 6.04 Å². The van der Waals surface area contributed by atoms with Crippen molar-refractivity contribution in [2.75, 3.05) is 7.11 Å². The van der Waals surface area contributed by atoms with Crippen molar-refractivity contribution < 1.29 is 13.2 Å². The highest BCUT2D eigenvalue weighted by atomic mass is 32.2. The average Bonchev–Trinajstić information content (AvgIpc) is 2.53. The molecular weight excluding hydrogens is 310 g/mol. The highest BCUT2D eigenvalue weighted by Crippen LogP contribution is 2.21. The number of methoxy groups -OCH3 is 1. The topological polar surface area (TPSA) is 55.4 Å². The SMILES string of the molecule is COc1ccc(S(=O)(=O)N[C@H](C)CCc2ccccc2)cc1C. The van der Waals surface area contributed by atoms with Crippen molar-refractivity contribution in [2.45, 2.75) is 37.6 Å². The van der Waals surface area contributed by atoms with Crippen LogP contribution in [0.25, 0.3) is 0 Å². The molecule has 2 rings (SSSR count). The molecule has 0 fully saturated rings. The molecule has 0 radical (unpaired) electrons. The Morgan fingerprint density at radius 3 is 2.43 bits per heavy atom. The summed E-state index contributed by atoms with van der Waals surface area (Å²) in [6.45, 7) is 3.72. The molecule has 0 aromatic heterocycles. The van der Waals surface area contributed by atoms with Gasteiger partial charge in [-0.3, -0.25) is 0 Å². The van der Waals surface area contributed by atoms with E-state index < -0.39 is 10.0 Å². The highest BCUT2D eigenvalue weighted by molar-refractivity contribution is 7.89. The van der Waals surface area contributed by atoms with E-state index in [4.69, 9.17) is 4.74 Å². The summed E-state index contributed by atoms with van der Waals surface area (Å²) >= 11 is 0. The van der Waals surface area contributed by atoms with Gasteiger partial charge in [-0.15, -0.1) is 0 Å². The number of rotatable bonds is 7. The Hall–Kier alpha value is -1.85. The van der Waals surface area contributed by atoms with Gasteiger partial charge in [-0.1, -0.05) is 30.3 Å². The third-order valence-electron chi connectivity index (χ3n) is 3.74. The predicted molar refractivity (Wildman–Crippen MR) is 92.3 cm³/mol. The lowest BCUT2D eigenvalue weighted by atomic mass is 10.1. The van der Waals surface area contributed by atoms with Crippen LogP contribution in [0.2, 0.25) is 0 Å². The molecule has 0 aliphatic carbocycles. The van der Waals surface area contributed by atoms with Crippen LogP contribution < -0.4 is 9.46 Å². The molecule has 0 saturated carbocycles. The summed E-state index contributed by atoms with van der Waals surface area (Å²) in [5.74, 6) is 0.682. The number of ether oxygens (including phenoxy) is 1. The molecule has 0 aliphatic heterocycles. The van der Waals surface area contributed by atoms with Crippen molar-refractivity contribution in [1.82, 2.24) is 4.72 Å². The minimum absolute atomic E-state index is 0.136. The molecule has 0 bridgehead atoms. The molecule has 1 atom stereocenters. The molecule has 124 valence electrons. The second kappa shape index (κ2) is 7.62. The summed E-state index contributed by atoms with van der Waals surface area (Å²) in [5, 5.41) is 0. The standard InChI is InChI=1S/C18H23NO3S/c1-14-13-17(11-12-18(14)22-3)23(20,21)19-15(2)9-10-16-7-5-4-6-8-16/h4-8,11-13,15,19H,9-10H2,1-3H3/t15-/m1/s1. The minimum atomic E-state index is -3.52. The van der Waals surface area contributed by atoms with Gasteiger partial charge in [0.2, 0.25) is 10.0 Å². The lowest BCUT2D eigenvalue weighted by molar-refractivity contribution is 0.411.